The van der Waals surface area contributed by atoms with E-state index in [1.165, 1.54) is 360 Å². The number of nitrogens with one attached hydrogen (secondary N) is 1. The number of aliphatic hydroxyl groups excluding tert-OH is 2. The topological polar surface area (TPSA) is 95.9 Å². The number of unbranched alkanes of at least 4 members (excludes halogenated alkanes) is 58. The number of ether oxygens (including phenoxy) is 1. The predicted molar refractivity (Wildman–Crippen MR) is 370 cm³/mol. The van der Waals surface area contributed by atoms with Crippen LogP contribution in [-0.4, -0.2) is 47.4 Å². The zero-order chi connectivity index (χ0) is 60.6. The van der Waals surface area contributed by atoms with E-state index < -0.39 is 12.1 Å². The Morgan fingerprint density at radius 3 is 0.845 bits per heavy atom. The quantitative estimate of drug-likeness (QED) is 0.0320. The van der Waals surface area contributed by atoms with E-state index in [9.17, 15) is 19.8 Å². The molecule has 1 amide bonds. The lowest BCUT2D eigenvalue weighted by Crippen LogP contribution is -2.45. The van der Waals surface area contributed by atoms with Gasteiger partial charge in [-0.25, -0.2) is 0 Å². The number of carbonyl (C=O) groups excluding carboxylic acids is 2. The summed E-state index contributed by atoms with van der Waals surface area (Å²) in [5, 5.41) is 23.5. The molecule has 0 saturated heterocycles. The highest BCUT2D eigenvalue weighted by molar-refractivity contribution is 5.76. The van der Waals surface area contributed by atoms with Crippen molar-refractivity contribution in [2.75, 3.05) is 13.2 Å². The summed E-state index contributed by atoms with van der Waals surface area (Å²) < 4.78 is 5.50. The van der Waals surface area contributed by atoms with Gasteiger partial charge in [0.2, 0.25) is 5.91 Å². The van der Waals surface area contributed by atoms with Crippen molar-refractivity contribution >= 4 is 11.9 Å². The number of amides is 1. The summed E-state index contributed by atoms with van der Waals surface area (Å²) in [6.45, 7) is 5.00. The molecule has 0 spiro atoms. The zero-order valence-corrected chi connectivity index (χ0v) is 57.2. The Morgan fingerprint density at radius 1 is 0.321 bits per heavy atom. The smallest absolute Gasteiger partial charge is 0.305 e. The van der Waals surface area contributed by atoms with E-state index >= 15 is 0 Å². The summed E-state index contributed by atoms with van der Waals surface area (Å²) in [6.07, 6.45) is 93.9. The molecule has 0 aromatic rings. The van der Waals surface area contributed by atoms with E-state index in [-0.39, 0.29) is 18.5 Å². The Balaban J connectivity index is 3.37. The van der Waals surface area contributed by atoms with Crippen molar-refractivity contribution in [1.29, 1.82) is 0 Å². The van der Waals surface area contributed by atoms with E-state index in [0.29, 0.717) is 25.9 Å². The Morgan fingerprint density at radius 2 is 0.560 bits per heavy atom. The second kappa shape index (κ2) is 73.8. The first-order chi connectivity index (χ1) is 41.5. The summed E-state index contributed by atoms with van der Waals surface area (Å²) in [5.41, 5.74) is 0. The molecule has 2 unspecified atom stereocenters. The van der Waals surface area contributed by atoms with Crippen LogP contribution in [0.5, 0.6) is 0 Å². The summed E-state index contributed by atoms with van der Waals surface area (Å²) in [5.74, 6) is -0.0162. The maximum absolute atomic E-state index is 12.6. The van der Waals surface area contributed by atoms with Gasteiger partial charge in [0.15, 0.2) is 0 Å². The van der Waals surface area contributed by atoms with Crippen molar-refractivity contribution in [3.63, 3.8) is 0 Å². The summed E-state index contributed by atoms with van der Waals surface area (Å²) >= 11 is 0. The van der Waals surface area contributed by atoms with Gasteiger partial charge < -0.3 is 20.3 Å². The maximum atomic E-state index is 12.6. The largest absolute Gasteiger partial charge is 0.466 e. The Bertz CT molecular complexity index is 1320. The van der Waals surface area contributed by atoms with Gasteiger partial charge in [0.25, 0.3) is 0 Å². The van der Waals surface area contributed by atoms with Gasteiger partial charge in [-0.15, -0.1) is 0 Å². The fourth-order valence-electron chi connectivity index (χ4n) is 12.3. The Labute approximate surface area is 526 Å². The van der Waals surface area contributed by atoms with Crippen LogP contribution in [-0.2, 0) is 14.3 Å². The van der Waals surface area contributed by atoms with Gasteiger partial charge in [-0.1, -0.05) is 372 Å². The molecule has 6 nitrogen and oxygen atoms in total. The minimum Gasteiger partial charge on any atom is -0.466 e. The van der Waals surface area contributed by atoms with Crippen molar-refractivity contribution in [3.8, 4) is 0 Å². The van der Waals surface area contributed by atoms with Crippen molar-refractivity contribution in [3.05, 3.63) is 24.3 Å². The van der Waals surface area contributed by atoms with Gasteiger partial charge in [0.1, 0.15) is 0 Å². The fourth-order valence-corrected chi connectivity index (χ4v) is 12.3. The molecule has 0 rings (SSSR count). The molecule has 0 bridgehead atoms. The summed E-state index contributed by atoms with van der Waals surface area (Å²) in [7, 11) is 0. The zero-order valence-electron chi connectivity index (χ0n) is 57.2. The number of carbonyl (C=O) groups is 2. The molecule has 0 aromatic carbocycles. The molecule has 0 aliphatic heterocycles. The number of rotatable bonds is 73. The summed E-state index contributed by atoms with van der Waals surface area (Å²) in [4.78, 5) is 24.7. The second-order valence-corrected chi connectivity index (χ2v) is 26.7. The Kier molecular flexibility index (Phi) is 72.3. The monoisotopic (exact) mass is 1180 g/mol. The molecule has 0 aliphatic rings. The number of hydrogen-bond donors (Lipinski definition) is 3. The molecule has 0 heterocycles. The molecular weight excluding hydrogens is 1030 g/mol. The van der Waals surface area contributed by atoms with Crippen LogP contribution in [0.15, 0.2) is 24.3 Å². The van der Waals surface area contributed by atoms with Gasteiger partial charge in [0, 0.05) is 12.8 Å². The van der Waals surface area contributed by atoms with Crippen LogP contribution in [0.3, 0.4) is 0 Å². The molecule has 498 valence electrons. The molecular formula is C78H151NO5. The average molecular weight is 1180 g/mol. The van der Waals surface area contributed by atoms with Crippen molar-refractivity contribution in [2.45, 2.75) is 450 Å². The molecule has 2 atom stereocenters. The van der Waals surface area contributed by atoms with Crippen molar-refractivity contribution < 1.29 is 24.5 Å². The molecule has 0 aliphatic carbocycles. The van der Waals surface area contributed by atoms with Gasteiger partial charge in [0.05, 0.1) is 25.4 Å². The van der Waals surface area contributed by atoms with Crippen molar-refractivity contribution in [1.82, 2.24) is 5.32 Å². The fraction of sp³-hybridized carbons (Fsp3) is 0.923. The van der Waals surface area contributed by atoms with Gasteiger partial charge in [-0.3, -0.25) is 9.59 Å². The number of esters is 1. The lowest BCUT2D eigenvalue weighted by Gasteiger charge is -2.22. The predicted octanol–water partition coefficient (Wildman–Crippen LogP) is 25.3. The van der Waals surface area contributed by atoms with Gasteiger partial charge >= 0.3 is 5.97 Å². The molecule has 84 heavy (non-hydrogen) atoms. The number of allylic oxidation sites excluding steroid dienone is 4. The SMILES string of the molecule is CCCCCCCC/C=C\CCCCCCCCCC(=O)OCCCCCCCCCCCCCC/C=C\CCCCCCCCCCCCCCC(=O)NC(CO)C(O)CCCCCCCCCCCCCCCCCCCCCCCC. The maximum Gasteiger partial charge on any atom is 0.305 e. The van der Waals surface area contributed by atoms with Gasteiger partial charge in [-0.05, 0) is 77.0 Å². The molecule has 0 saturated carbocycles. The molecule has 3 N–H and O–H groups in total. The minimum atomic E-state index is -0.665. The van der Waals surface area contributed by atoms with Crippen LogP contribution in [0.4, 0.5) is 0 Å². The molecule has 0 radical (unpaired) electrons. The highest BCUT2D eigenvalue weighted by Gasteiger charge is 2.20. The van der Waals surface area contributed by atoms with E-state index in [1.54, 1.807) is 0 Å². The highest BCUT2D eigenvalue weighted by atomic mass is 16.5. The number of aliphatic hydroxyl groups is 2. The average Bonchev–Trinajstić information content (AvgIpc) is 3.51. The van der Waals surface area contributed by atoms with E-state index in [0.717, 1.165) is 44.9 Å². The van der Waals surface area contributed by atoms with E-state index in [2.05, 4.69) is 43.5 Å². The third kappa shape index (κ3) is 69.4. The lowest BCUT2D eigenvalue weighted by molar-refractivity contribution is -0.143. The molecule has 0 aromatic heterocycles. The van der Waals surface area contributed by atoms with E-state index in [4.69, 9.17) is 4.74 Å². The standard InChI is InChI=1S/C78H151NO5/c1-3-5-7-9-11-13-15-17-19-21-22-23-32-35-39-42-46-50-54-58-62-66-70-76(81)75(74-80)79-77(82)71-67-63-59-55-51-47-43-40-36-33-30-28-26-24-25-27-29-31-34-37-41-45-49-53-57-61-65-69-73-84-78(83)72-68-64-60-56-52-48-44-38-20-18-16-14-12-10-8-6-4-2/h18,20,24-25,75-76,80-81H,3-17,19,21-23,26-74H2,1-2H3,(H,79,82)/b20-18-,25-24-. The lowest BCUT2D eigenvalue weighted by atomic mass is 10.0. The molecule has 0 fully saturated rings. The first-order valence-corrected chi connectivity index (χ1v) is 38.6. The van der Waals surface area contributed by atoms with Crippen molar-refractivity contribution in [2.24, 2.45) is 0 Å². The second-order valence-electron chi connectivity index (χ2n) is 26.7. The summed E-state index contributed by atoms with van der Waals surface area (Å²) in [6, 6.07) is -0.543. The first kappa shape index (κ1) is 82.3. The van der Waals surface area contributed by atoms with Crippen LogP contribution < -0.4 is 5.32 Å². The third-order valence-electron chi connectivity index (χ3n) is 18.2. The normalized spacial score (nSPS) is 12.6. The van der Waals surface area contributed by atoms with Crippen LogP contribution in [0.2, 0.25) is 0 Å². The first-order valence-electron chi connectivity index (χ1n) is 38.6. The highest BCUT2D eigenvalue weighted by Crippen LogP contribution is 2.20. The van der Waals surface area contributed by atoms with Crippen LogP contribution in [0.25, 0.3) is 0 Å². The van der Waals surface area contributed by atoms with Crippen LogP contribution >= 0.6 is 0 Å². The van der Waals surface area contributed by atoms with Crippen LogP contribution in [0.1, 0.15) is 438 Å². The van der Waals surface area contributed by atoms with Gasteiger partial charge in [-0.2, -0.15) is 0 Å². The minimum absolute atomic E-state index is 0.0136. The number of hydrogen-bond acceptors (Lipinski definition) is 5. The van der Waals surface area contributed by atoms with E-state index in [1.807, 2.05) is 0 Å². The Hall–Kier alpha value is -1.66. The molecule has 6 heteroatoms. The van der Waals surface area contributed by atoms with Crippen LogP contribution in [0, 0.1) is 0 Å². The third-order valence-corrected chi connectivity index (χ3v) is 18.2.